The third-order valence-electron chi connectivity index (χ3n) is 4.17. The van der Waals surface area contributed by atoms with Crippen LogP contribution in [0.1, 0.15) is 50.9 Å². The summed E-state index contributed by atoms with van der Waals surface area (Å²) in [5.74, 6) is 0.470. The molecular weight excluding hydrogens is 372 g/mol. The normalized spacial score (nSPS) is 12.5. The van der Waals surface area contributed by atoms with E-state index in [9.17, 15) is 4.79 Å². The molecule has 0 amide bonds. The van der Waals surface area contributed by atoms with Gasteiger partial charge in [0.15, 0.2) is 5.78 Å². The Bertz CT molecular complexity index is 961. The number of anilines is 2. The monoisotopic (exact) mass is 396 g/mol. The quantitative estimate of drug-likeness (QED) is 0.459. The fourth-order valence-electron chi connectivity index (χ4n) is 2.43. The summed E-state index contributed by atoms with van der Waals surface area (Å²) in [7, 11) is 0. The number of rotatable bonds is 7. The van der Waals surface area contributed by atoms with Gasteiger partial charge in [-0.2, -0.15) is 0 Å². The highest BCUT2D eigenvalue weighted by Gasteiger charge is 2.09. The zero-order valence-corrected chi connectivity index (χ0v) is 17.6. The van der Waals surface area contributed by atoms with Crippen molar-refractivity contribution in [3.05, 3.63) is 57.9 Å². The summed E-state index contributed by atoms with van der Waals surface area (Å²) in [6.07, 6.45) is 8.13. The van der Waals surface area contributed by atoms with Gasteiger partial charge in [0.2, 0.25) is 5.95 Å². The second-order valence-electron chi connectivity index (χ2n) is 6.34. The molecule has 0 aliphatic carbocycles. The average Bonchev–Trinajstić information content (AvgIpc) is 2.66. The largest absolute Gasteiger partial charge is 0.324 e. The van der Waals surface area contributed by atoms with Gasteiger partial charge in [-0.25, -0.2) is 9.97 Å². The van der Waals surface area contributed by atoms with Crippen molar-refractivity contribution < 1.29 is 4.79 Å². The molecule has 1 N–H and O–H groups in total. The first-order chi connectivity index (χ1) is 13.3. The topological polar surface area (TPSA) is 67.2 Å². The van der Waals surface area contributed by atoms with E-state index in [4.69, 9.17) is 11.6 Å². The van der Waals surface area contributed by atoms with Crippen molar-refractivity contribution in [1.29, 1.82) is 0 Å². The van der Waals surface area contributed by atoms with E-state index < -0.39 is 0 Å². The van der Waals surface area contributed by atoms with Crippen molar-refractivity contribution >= 4 is 47.0 Å². The molecule has 0 saturated carbocycles. The van der Waals surface area contributed by atoms with Crippen molar-refractivity contribution in [1.82, 2.24) is 9.97 Å². The molecule has 1 heterocycles. The van der Waals surface area contributed by atoms with E-state index in [0.29, 0.717) is 16.5 Å². The number of hydrogen-bond donors (Lipinski definition) is 1. The van der Waals surface area contributed by atoms with Gasteiger partial charge < -0.3 is 5.32 Å². The number of nitrogens with zero attached hydrogens (tertiary/aromatic N) is 3. The molecule has 1 aromatic heterocycles. The Balaban J connectivity index is 2.37. The summed E-state index contributed by atoms with van der Waals surface area (Å²) < 4.78 is 0. The maximum atomic E-state index is 11.6. The second-order valence-corrected chi connectivity index (χ2v) is 6.75. The highest BCUT2D eigenvalue weighted by atomic mass is 35.5. The lowest BCUT2D eigenvalue weighted by atomic mass is 10.0. The fourth-order valence-corrected chi connectivity index (χ4v) is 2.65. The number of ketones is 1. The van der Waals surface area contributed by atoms with E-state index in [0.717, 1.165) is 34.6 Å². The van der Waals surface area contributed by atoms with E-state index in [2.05, 4.69) is 20.3 Å². The van der Waals surface area contributed by atoms with Gasteiger partial charge >= 0.3 is 0 Å². The lowest BCUT2D eigenvalue weighted by Crippen LogP contribution is -2.00. The minimum Gasteiger partial charge on any atom is -0.324 e. The highest BCUT2D eigenvalue weighted by molar-refractivity contribution is 6.31. The Morgan fingerprint density at radius 3 is 2.71 bits per heavy atom. The van der Waals surface area contributed by atoms with Crippen molar-refractivity contribution in [2.45, 2.75) is 41.0 Å². The highest BCUT2D eigenvalue weighted by Crippen LogP contribution is 2.28. The third kappa shape index (κ3) is 5.60. The van der Waals surface area contributed by atoms with Gasteiger partial charge in [-0.1, -0.05) is 24.6 Å². The van der Waals surface area contributed by atoms with Crippen molar-refractivity contribution in [2.75, 3.05) is 5.32 Å². The molecule has 0 aliphatic rings. The molecule has 0 saturated heterocycles. The molecule has 2 rings (SSSR count). The molecule has 0 aliphatic heterocycles. The number of aliphatic imine (C=N–C) groups is 1. The Morgan fingerprint density at radius 1 is 1.32 bits per heavy atom. The van der Waals surface area contributed by atoms with Crippen LogP contribution in [0.25, 0.3) is 11.8 Å². The Labute approximate surface area is 171 Å². The van der Waals surface area contributed by atoms with Crippen LogP contribution in [0, 0.1) is 6.92 Å². The summed E-state index contributed by atoms with van der Waals surface area (Å²) in [6, 6.07) is 5.56. The van der Waals surface area contributed by atoms with Crippen LogP contribution in [0.3, 0.4) is 0 Å². The molecule has 28 heavy (non-hydrogen) atoms. The van der Waals surface area contributed by atoms with Crippen LogP contribution >= 0.6 is 11.6 Å². The fraction of sp³-hybridized carbons (Fsp3) is 0.273. The van der Waals surface area contributed by atoms with Crippen LogP contribution in [0.15, 0.2) is 41.0 Å². The minimum atomic E-state index is 0.0245. The van der Waals surface area contributed by atoms with Gasteiger partial charge in [-0.15, -0.1) is 0 Å². The SMILES string of the molecule is C/C=C(\N=CCC)c1ccnc(Nc2cc(Cl)c(C)c(/C=C(\C)C(C)=O)c2)n1. The molecule has 0 radical (unpaired) electrons. The zero-order chi connectivity index (χ0) is 20.7. The summed E-state index contributed by atoms with van der Waals surface area (Å²) >= 11 is 6.39. The number of halogens is 1. The van der Waals surface area contributed by atoms with Crippen LogP contribution in [-0.2, 0) is 4.79 Å². The summed E-state index contributed by atoms with van der Waals surface area (Å²) in [5, 5.41) is 3.79. The number of aromatic nitrogens is 2. The van der Waals surface area contributed by atoms with Gasteiger partial charge in [-0.05, 0) is 75.1 Å². The maximum Gasteiger partial charge on any atom is 0.227 e. The molecule has 2 aromatic rings. The number of nitrogens with one attached hydrogen (secondary N) is 1. The lowest BCUT2D eigenvalue weighted by molar-refractivity contribution is -0.113. The summed E-state index contributed by atoms with van der Waals surface area (Å²) in [4.78, 5) is 24.8. The van der Waals surface area contributed by atoms with E-state index in [-0.39, 0.29) is 5.78 Å². The molecule has 0 spiro atoms. The Morgan fingerprint density at radius 2 is 2.07 bits per heavy atom. The molecule has 5 nitrogen and oxygen atoms in total. The van der Waals surface area contributed by atoms with Crippen LogP contribution in [0.4, 0.5) is 11.6 Å². The van der Waals surface area contributed by atoms with E-state index >= 15 is 0 Å². The smallest absolute Gasteiger partial charge is 0.227 e. The van der Waals surface area contributed by atoms with E-state index in [1.165, 1.54) is 0 Å². The molecule has 0 unspecified atom stereocenters. The van der Waals surface area contributed by atoms with Crippen molar-refractivity contribution in [2.24, 2.45) is 4.99 Å². The Hall–Kier alpha value is -2.79. The second kappa shape index (κ2) is 9.95. The molecule has 6 heteroatoms. The van der Waals surface area contributed by atoms with Gasteiger partial charge in [0.25, 0.3) is 0 Å². The van der Waals surface area contributed by atoms with Crippen LogP contribution < -0.4 is 5.32 Å². The molecular formula is C22H25ClN4O. The minimum absolute atomic E-state index is 0.0245. The van der Waals surface area contributed by atoms with Crippen LogP contribution in [0.2, 0.25) is 5.02 Å². The van der Waals surface area contributed by atoms with Crippen molar-refractivity contribution in [3.8, 4) is 0 Å². The number of benzene rings is 1. The number of hydrogen-bond acceptors (Lipinski definition) is 5. The lowest BCUT2D eigenvalue weighted by Gasteiger charge is -2.11. The standard InChI is InChI=1S/C22H25ClN4O/c1-6-9-24-20(7-2)21-8-10-25-22(27-21)26-18-12-17(11-14(3)16(5)28)15(4)19(23)13-18/h7-13H,6H2,1-5H3,(H,25,26,27)/b14-11+,20-7-,24-9?. The zero-order valence-electron chi connectivity index (χ0n) is 16.9. The van der Waals surface area contributed by atoms with Gasteiger partial charge in [0, 0.05) is 23.1 Å². The number of Topliss-reactive ketones (excluding diaryl/α,β-unsaturated/α-hetero) is 1. The van der Waals surface area contributed by atoms with E-state index in [1.54, 1.807) is 20.0 Å². The molecule has 146 valence electrons. The third-order valence-corrected chi connectivity index (χ3v) is 4.56. The average molecular weight is 397 g/mol. The molecule has 0 bridgehead atoms. The number of carbonyl (C=O) groups excluding carboxylic acids is 1. The summed E-state index contributed by atoms with van der Waals surface area (Å²) in [5.41, 5.74) is 4.72. The van der Waals surface area contributed by atoms with Crippen LogP contribution in [0.5, 0.6) is 0 Å². The van der Waals surface area contributed by atoms with Gasteiger partial charge in [0.1, 0.15) is 0 Å². The summed E-state index contributed by atoms with van der Waals surface area (Å²) in [6.45, 7) is 9.21. The van der Waals surface area contributed by atoms with E-state index in [1.807, 2.05) is 57.3 Å². The number of allylic oxidation sites excluding steroid dienone is 2. The maximum absolute atomic E-state index is 11.6. The number of carbonyl (C=O) groups is 1. The van der Waals surface area contributed by atoms with Gasteiger partial charge in [-0.3, -0.25) is 9.79 Å². The molecule has 0 atom stereocenters. The first kappa shape index (κ1) is 21.5. The first-order valence-corrected chi connectivity index (χ1v) is 9.52. The Kier molecular flexibility index (Phi) is 7.64. The van der Waals surface area contributed by atoms with Gasteiger partial charge in [0.05, 0.1) is 11.4 Å². The predicted molar refractivity (Wildman–Crippen MR) is 118 cm³/mol. The van der Waals surface area contributed by atoms with Crippen molar-refractivity contribution in [3.63, 3.8) is 0 Å². The predicted octanol–water partition coefficient (Wildman–Crippen LogP) is 6.02. The molecule has 0 fully saturated rings. The van der Waals surface area contributed by atoms with Crippen LogP contribution in [-0.4, -0.2) is 22.0 Å². The first-order valence-electron chi connectivity index (χ1n) is 9.14. The molecule has 1 aromatic carbocycles.